The van der Waals surface area contributed by atoms with Gasteiger partial charge in [0.05, 0.1) is 5.25 Å². The molecule has 0 saturated carbocycles. The van der Waals surface area contributed by atoms with Crippen molar-refractivity contribution in [1.82, 2.24) is 20.1 Å². The zero-order valence-electron chi connectivity index (χ0n) is 16.4. The molecule has 0 aliphatic rings. The van der Waals surface area contributed by atoms with Crippen LogP contribution in [0, 0.1) is 13.8 Å². The zero-order valence-corrected chi connectivity index (χ0v) is 17.2. The molecule has 152 valence electrons. The second-order valence-electron chi connectivity index (χ2n) is 6.33. The van der Waals surface area contributed by atoms with Crippen molar-refractivity contribution >= 4 is 29.4 Å². The number of nitrogens with one attached hydrogen (secondary N) is 3. The van der Waals surface area contributed by atoms with Crippen molar-refractivity contribution in [3.63, 3.8) is 0 Å². The lowest BCUT2D eigenvalue weighted by atomic mass is 10.1. The molecule has 10 heteroatoms. The number of urea groups is 1. The van der Waals surface area contributed by atoms with Crippen LogP contribution in [0.3, 0.4) is 0 Å². The van der Waals surface area contributed by atoms with Crippen molar-refractivity contribution in [3.8, 4) is 0 Å². The number of carbonyl (C=O) groups is 2. The Bertz CT molecular complexity index is 892. The number of aromatic amines is 1. The molecular weight excluding hydrogens is 382 g/mol. The van der Waals surface area contributed by atoms with E-state index in [0.29, 0.717) is 30.4 Å². The van der Waals surface area contributed by atoms with E-state index in [0.717, 1.165) is 22.9 Å². The lowest BCUT2D eigenvalue weighted by Gasteiger charge is -2.13. The van der Waals surface area contributed by atoms with E-state index in [2.05, 4.69) is 20.8 Å². The number of carbonyl (C=O) groups excluding carboxylic acids is 2. The van der Waals surface area contributed by atoms with Crippen LogP contribution in [0.25, 0.3) is 0 Å². The van der Waals surface area contributed by atoms with E-state index in [1.165, 1.54) is 4.57 Å². The Morgan fingerprint density at radius 2 is 2.11 bits per heavy atom. The standard InChI is InChI=1S/C18H25N5O4S/c1-11-6-7-14(12(2)10-11)19-16(25)20-15(24)13(3)28-18-22-21-17(26)23(18)8-5-9-27-4/h6-7,10,13H,5,8-9H2,1-4H3,(H,21,26)(H2,19,20,24,25). The number of nitrogens with zero attached hydrogens (tertiary/aromatic N) is 2. The van der Waals surface area contributed by atoms with Crippen molar-refractivity contribution in [2.45, 2.75) is 44.1 Å². The van der Waals surface area contributed by atoms with Gasteiger partial charge in [0, 0.05) is 25.9 Å². The summed E-state index contributed by atoms with van der Waals surface area (Å²) in [5.41, 5.74) is 2.27. The number of aryl methyl sites for hydroxylation is 2. The summed E-state index contributed by atoms with van der Waals surface area (Å²) >= 11 is 1.10. The topological polar surface area (TPSA) is 118 Å². The maximum absolute atomic E-state index is 12.3. The van der Waals surface area contributed by atoms with Crippen LogP contribution >= 0.6 is 11.8 Å². The minimum Gasteiger partial charge on any atom is -0.385 e. The van der Waals surface area contributed by atoms with Gasteiger partial charge < -0.3 is 10.1 Å². The lowest BCUT2D eigenvalue weighted by molar-refractivity contribution is -0.119. The predicted molar refractivity (Wildman–Crippen MR) is 108 cm³/mol. The van der Waals surface area contributed by atoms with Gasteiger partial charge in [0.2, 0.25) is 5.91 Å². The Labute approximate surface area is 167 Å². The first-order valence-corrected chi connectivity index (χ1v) is 9.69. The molecule has 2 rings (SSSR count). The van der Waals surface area contributed by atoms with Gasteiger partial charge in [0.15, 0.2) is 5.16 Å². The number of methoxy groups -OCH3 is 1. The largest absolute Gasteiger partial charge is 0.385 e. The van der Waals surface area contributed by atoms with Gasteiger partial charge in [-0.3, -0.25) is 14.7 Å². The average Bonchev–Trinajstić information content (AvgIpc) is 2.97. The van der Waals surface area contributed by atoms with Gasteiger partial charge >= 0.3 is 11.7 Å². The van der Waals surface area contributed by atoms with E-state index < -0.39 is 17.2 Å². The smallest absolute Gasteiger partial charge is 0.343 e. The minimum absolute atomic E-state index is 0.348. The summed E-state index contributed by atoms with van der Waals surface area (Å²) in [6.45, 7) is 6.42. The summed E-state index contributed by atoms with van der Waals surface area (Å²) in [7, 11) is 1.59. The number of benzene rings is 1. The maximum atomic E-state index is 12.3. The SMILES string of the molecule is COCCCn1c(SC(C)C(=O)NC(=O)Nc2ccc(C)cc2C)n[nH]c1=O. The number of aromatic nitrogens is 3. The maximum Gasteiger partial charge on any atom is 0.343 e. The third-order valence-electron chi connectivity index (χ3n) is 3.97. The third-order valence-corrected chi connectivity index (χ3v) is 5.06. The summed E-state index contributed by atoms with van der Waals surface area (Å²) < 4.78 is 6.43. The molecule has 0 bridgehead atoms. The van der Waals surface area contributed by atoms with E-state index in [9.17, 15) is 14.4 Å². The Morgan fingerprint density at radius 3 is 2.79 bits per heavy atom. The van der Waals surface area contributed by atoms with E-state index >= 15 is 0 Å². The second kappa shape index (κ2) is 10.1. The molecule has 0 aliphatic carbocycles. The number of hydrogen-bond acceptors (Lipinski definition) is 6. The van der Waals surface area contributed by atoms with Crippen LogP contribution in [0.15, 0.2) is 28.2 Å². The quantitative estimate of drug-likeness (QED) is 0.455. The van der Waals surface area contributed by atoms with Crippen LogP contribution in [0.4, 0.5) is 10.5 Å². The second-order valence-corrected chi connectivity index (χ2v) is 7.64. The van der Waals surface area contributed by atoms with Crippen molar-refractivity contribution < 1.29 is 14.3 Å². The highest BCUT2D eigenvalue weighted by atomic mass is 32.2. The van der Waals surface area contributed by atoms with Gasteiger partial charge in [-0.2, -0.15) is 0 Å². The van der Waals surface area contributed by atoms with Crippen LogP contribution < -0.4 is 16.3 Å². The number of amides is 3. The molecular formula is C18H25N5O4S. The van der Waals surface area contributed by atoms with E-state index in [4.69, 9.17) is 4.74 Å². The fourth-order valence-electron chi connectivity index (χ4n) is 2.49. The van der Waals surface area contributed by atoms with Crippen LogP contribution in [0.5, 0.6) is 0 Å². The Kier molecular flexibility index (Phi) is 7.82. The van der Waals surface area contributed by atoms with Crippen LogP contribution in [-0.4, -0.2) is 45.7 Å². The molecule has 3 N–H and O–H groups in total. The zero-order chi connectivity index (χ0) is 20.7. The summed E-state index contributed by atoms with van der Waals surface area (Å²) in [6, 6.07) is 5.00. The summed E-state index contributed by atoms with van der Waals surface area (Å²) in [5, 5.41) is 11.1. The number of ether oxygens (including phenoxy) is 1. The molecule has 3 amide bonds. The number of anilines is 1. The third kappa shape index (κ3) is 5.96. The predicted octanol–water partition coefficient (Wildman–Crippen LogP) is 2.05. The fraction of sp³-hybridized carbons (Fsp3) is 0.444. The van der Waals surface area contributed by atoms with Gasteiger partial charge in [-0.05, 0) is 38.8 Å². The first-order chi connectivity index (χ1) is 13.3. The number of imide groups is 1. The molecule has 0 spiro atoms. The average molecular weight is 407 g/mol. The number of rotatable bonds is 8. The van der Waals surface area contributed by atoms with Crippen LogP contribution in [0.1, 0.15) is 24.5 Å². The van der Waals surface area contributed by atoms with Gasteiger partial charge in [0.25, 0.3) is 0 Å². The fourth-order valence-corrected chi connectivity index (χ4v) is 3.37. The highest BCUT2D eigenvalue weighted by Crippen LogP contribution is 2.20. The normalized spacial score (nSPS) is 11.9. The number of thioether (sulfide) groups is 1. The molecule has 1 atom stereocenters. The Hall–Kier alpha value is -2.59. The summed E-state index contributed by atoms with van der Waals surface area (Å²) in [5.74, 6) is -0.480. The molecule has 28 heavy (non-hydrogen) atoms. The minimum atomic E-state index is -0.624. The Morgan fingerprint density at radius 1 is 1.36 bits per heavy atom. The first kappa shape index (κ1) is 21.7. The molecule has 1 unspecified atom stereocenters. The first-order valence-electron chi connectivity index (χ1n) is 8.81. The molecule has 0 radical (unpaired) electrons. The number of hydrogen-bond donors (Lipinski definition) is 3. The van der Waals surface area contributed by atoms with E-state index in [-0.39, 0.29) is 5.69 Å². The van der Waals surface area contributed by atoms with Gasteiger partial charge in [-0.1, -0.05) is 29.5 Å². The molecule has 1 heterocycles. The Balaban J connectivity index is 1.94. The van der Waals surface area contributed by atoms with Crippen LogP contribution in [-0.2, 0) is 16.1 Å². The van der Waals surface area contributed by atoms with Crippen molar-refractivity contribution in [2.75, 3.05) is 19.0 Å². The number of H-pyrrole nitrogens is 1. The molecule has 1 aromatic heterocycles. The van der Waals surface area contributed by atoms with Gasteiger partial charge in [0.1, 0.15) is 0 Å². The van der Waals surface area contributed by atoms with Gasteiger partial charge in [-0.25, -0.2) is 14.7 Å². The summed E-state index contributed by atoms with van der Waals surface area (Å²) in [6.07, 6.45) is 0.641. The molecule has 9 nitrogen and oxygen atoms in total. The molecule has 0 aliphatic heterocycles. The molecule has 0 saturated heterocycles. The van der Waals surface area contributed by atoms with Gasteiger partial charge in [-0.15, -0.1) is 5.10 Å². The highest BCUT2D eigenvalue weighted by Gasteiger charge is 2.21. The summed E-state index contributed by atoms with van der Waals surface area (Å²) in [4.78, 5) is 36.3. The monoisotopic (exact) mass is 407 g/mol. The van der Waals surface area contributed by atoms with E-state index in [1.807, 2.05) is 26.0 Å². The lowest BCUT2D eigenvalue weighted by Crippen LogP contribution is -2.39. The van der Waals surface area contributed by atoms with Crippen LogP contribution in [0.2, 0.25) is 0 Å². The molecule has 2 aromatic rings. The van der Waals surface area contributed by atoms with Crippen molar-refractivity contribution in [2.24, 2.45) is 0 Å². The van der Waals surface area contributed by atoms with E-state index in [1.54, 1.807) is 20.1 Å². The molecule has 1 aromatic carbocycles. The highest BCUT2D eigenvalue weighted by molar-refractivity contribution is 8.00. The van der Waals surface area contributed by atoms with Crippen molar-refractivity contribution in [1.29, 1.82) is 0 Å². The molecule has 0 fully saturated rings. The van der Waals surface area contributed by atoms with Crippen molar-refractivity contribution in [3.05, 3.63) is 39.8 Å².